The molecule has 0 unspecified atom stereocenters. The molecule has 88 valence electrons. The SMILES string of the molecule is CCCN1CCC(NC(=O)CCBr)CC1. The van der Waals surface area contributed by atoms with Gasteiger partial charge in [-0.1, -0.05) is 22.9 Å². The standard InChI is InChI=1S/C11H21BrN2O/c1-2-7-14-8-4-10(5-9-14)13-11(15)3-6-12/h10H,2-9H2,1H3,(H,13,15). The van der Waals surface area contributed by atoms with E-state index in [9.17, 15) is 4.79 Å². The molecule has 0 spiro atoms. The summed E-state index contributed by atoms with van der Waals surface area (Å²) >= 11 is 3.28. The van der Waals surface area contributed by atoms with Gasteiger partial charge >= 0.3 is 0 Å². The maximum atomic E-state index is 11.4. The van der Waals surface area contributed by atoms with Crippen molar-refractivity contribution in [3.05, 3.63) is 0 Å². The summed E-state index contributed by atoms with van der Waals surface area (Å²) in [4.78, 5) is 13.8. The Morgan fingerprint density at radius 3 is 2.67 bits per heavy atom. The van der Waals surface area contributed by atoms with Crippen molar-refractivity contribution in [2.75, 3.05) is 25.0 Å². The summed E-state index contributed by atoms with van der Waals surface area (Å²) in [5.41, 5.74) is 0. The monoisotopic (exact) mass is 276 g/mol. The Morgan fingerprint density at radius 1 is 1.47 bits per heavy atom. The molecule has 0 radical (unpaired) electrons. The number of nitrogens with zero attached hydrogens (tertiary/aromatic N) is 1. The van der Waals surface area contributed by atoms with Crippen LogP contribution in [0.15, 0.2) is 0 Å². The molecule has 1 aliphatic rings. The van der Waals surface area contributed by atoms with E-state index >= 15 is 0 Å². The van der Waals surface area contributed by atoms with Crippen LogP contribution in [0.1, 0.15) is 32.6 Å². The second-order valence-corrected chi connectivity index (χ2v) is 4.92. The fourth-order valence-electron chi connectivity index (χ4n) is 2.00. The van der Waals surface area contributed by atoms with Crippen LogP contribution in [0, 0.1) is 0 Å². The Bertz CT molecular complexity index is 191. The van der Waals surface area contributed by atoms with Crippen molar-refractivity contribution in [1.82, 2.24) is 10.2 Å². The fraction of sp³-hybridized carbons (Fsp3) is 0.909. The zero-order valence-electron chi connectivity index (χ0n) is 9.47. The van der Waals surface area contributed by atoms with E-state index in [-0.39, 0.29) is 5.91 Å². The normalized spacial score (nSPS) is 19.1. The van der Waals surface area contributed by atoms with Crippen molar-refractivity contribution >= 4 is 21.8 Å². The number of carbonyl (C=O) groups excluding carboxylic acids is 1. The number of carbonyl (C=O) groups is 1. The van der Waals surface area contributed by atoms with Crippen molar-refractivity contribution in [3.63, 3.8) is 0 Å². The van der Waals surface area contributed by atoms with Crippen LogP contribution >= 0.6 is 15.9 Å². The average Bonchev–Trinajstić information content (AvgIpc) is 2.22. The van der Waals surface area contributed by atoms with Gasteiger partial charge in [-0.05, 0) is 25.8 Å². The van der Waals surface area contributed by atoms with Crippen molar-refractivity contribution < 1.29 is 4.79 Å². The number of likely N-dealkylation sites (tertiary alicyclic amines) is 1. The first kappa shape index (κ1) is 13.0. The lowest BCUT2D eigenvalue weighted by Gasteiger charge is -2.32. The van der Waals surface area contributed by atoms with Gasteiger partial charge in [0.1, 0.15) is 0 Å². The predicted octanol–water partition coefficient (Wildman–Crippen LogP) is 1.76. The van der Waals surface area contributed by atoms with E-state index in [0.717, 1.165) is 31.3 Å². The molecular formula is C11H21BrN2O. The predicted molar refractivity (Wildman–Crippen MR) is 66.3 cm³/mol. The first-order valence-electron chi connectivity index (χ1n) is 5.84. The minimum atomic E-state index is 0.181. The van der Waals surface area contributed by atoms with Crippen LogP contribution in [0.3, 0.4) is 0 Å². The van der Waals surface area contributed by atoms with Gasteiger partial charge in [-0.15, -0.1) is 0 Å². The molecule has 0 saturated carbocycles. The minimum Gasteiger partial charge on any atom is -0.353 e. The summed E-state index contributed by atoms with van der Waals surface area (Å²) in [5, 5.41) is 3.84. The highest BCUT2D eigenvalue weighted by Gasteiger charge is 2.19. The van der Waals surface area contributed by atoms with Gasteiger partial charge in [0, 0.05) is 30.9 Å². The Labute approximate surface area is 101 Å². The lowest BCUT2D eigenvalue weighted by atomic mass is 10.0. The molecule has 1 amide bonds. The van der Waals surface area contributed by atoms with E-state index in [0.29, 0.717) is 12.5 Å². The third-order valence-corrected chi connectivity index (χ3v) is 3.21. The molecule has 1 fully saturated rings. The van der Waals surface area contributed by atoms with Gasteiger partial charge in [0.15, 0.2) is 0 Å². The molecule has 0 atom stereocenters. The van der Waals surface area contributed by atoms with E-state index in [4.69, 9.17) is 0 Å². The highest BCUT2D eigenvalue weighted by atomic mass is 79.9. The Balaban J connectivity index is 2.16. The third kappa shape index (κ3) is 4.98. The van der Waals surface area contributed by atoms with Crippen LogP contribution in [0.4, 0.5) is 0 Å². The number of hydrogen-bond donors (Lipinski definition) is 1. The van der Waals surface area contributed by atoms with Gasteiger partial charge < -0.3 is 10.2 Å². The number of hydrogen-bond acceptors (Lipinski definition) is 2. The van der Waals surface area contributed by atoms with Crippen LogP contribution in [-0.2, 0) is 4.79 Å². The topological polar surface area (TPSA) is 32.3 Å². The summed E-state index contributed by atoms with van der Waals surface area (Å²) in [6, 6.07) is 0.407. The largest absolute Gasteiger partial charge is 0.353 e. The van der Waals surface area contributed by atoms with E-state index in [1.54, 1.807) is 0 Å². The van der Waals surface area contributed by atoms with Gasteiger partial charge in [0.25, 0.3) is 0 Å². The van der Waals surface area contributed by atoms with Gasteiger partial charge in [-0.2, -0.15) is 0 Å². The van der Waals surface area contributed by atoms with E-state index in [2.05, 4.69) is 33.1 Å². The number of rotatable bonds is 5. The zero-order chi connectivity index (χ0) is 11.1. The first-order chi connectivity index (χ1) is 7.26. The second kappa shape index (κ2) is 7.23. The van der Waals surface area contributed by atoms with Crippen LogP contribution in [0.5, 0.6) is 0 Å². The molecule has 15 heavy (non-hydrogen) atoms. The van der Waals surface area contributed by atoms with Gasteiger partial charge in [-0.3, -0.25) is 4.79 Å². The molecule has 0 aromatic rings. The quantitative estimate of drug-likeness (QED) is 0.777. The van der Waals surface area contributed by atoms with Crippen molar-refractivity contribution in [3.8, 4) is 0 Å². The lowest BCUT2D eigenvalue weighted by Crippen LogP contribution is -2.44. The fourth-order valence-corrected chi connectivity index (χ4v) is 2.36. The molecule has 1 heterocycles. The minimum absolute atomic E-state index is 0.181. The van der Waals surface area contributed by atoms with Crippen molar-refractivity contribution in [2.45, 2.75) is 38.6 Å². The van der Waals surface area contributed by atoms with Gasteiger partial charge in [0.05, 0.1) is 0 Å². The van der Waals surface area contributed by atoms with E-state index in [1.165, 1.54) is 13.0 Å². The molecule has 4 heteroatoms. The highest BCUT2D eigenvalue weighted by molar-refractivity contribution is 9.09. The lowest BCUT2D eigenvalue weighted by molar-refractivity contribution is -0.121. The summed E-state index contributed by atoms with van der Waals surface area (Å²) in [7, 11) is 0. The molecule has 0 aromatic heterocycles. The molecule has 1 aliphatic heterocycles. The first-order valence-corrected chi connectivity index (χ1v) is 6.96. The average molecular weight is 277 g/mol. The third-order valence-electron chi connectivity index (χ3n) is 2.81. The number of nitrogens with one attached hydrogen (secondary N) is 1. The molecule has 0 aromatic carbocycles. The second-order valence-electron chi connectivity index (χ2n) is 4.12. The molecule has 0 aliphatic carbocycles. The summed E-state index contributed by atoms with van der Waals surface area (Å²) in [6.45, 7) is 5.67. The number of alkyl halides is 1. The van der Waals surface area contributed by atoms with E-state index in [1.807, 2.05) is 0 Å². The maximum Gasteiger partial charge on any atom is 0.221 e. The molecule has 0 bridgehead atoms. The maximum absolute atomic E-state index is 11.4. The number of amides is 1. The summed E-state index contributed by atoms with van der Waals surface area (Å²) in [6.07, 6.45) is 4.03. The Morgan fingerprint density at radius 2 is 2.13 bits per heavy atom. The molecule has 1 saturated heterocycles. The van der Waals surface area contributed by atoms with Crippen LogP contribution in [-0.4, -0.2) is 41.8 Å². The highest BCUT2D eigenvalue weighted by Crippen LogP contribution is 2.10. The Kier molecular flexibility index (Phi) is 6.25. The molecule has 1 rings (SSSR count). The zero-order valence-corrected chi connectivity index (χ0v) is 11.1. The van der Waals surface area contributed by atoms with Crippen LogP contribution in [0.2, 0.25) is 0 Å². The molecule has 1 N–H and O–H groups in total. The summed E-state index contributed by atoms with van der Waals surface area (Å²) < 4.78 is 0. The molecule has 3 nitrogen and oxygen atoms in total. The summed E-state index contributed by atoms with van der Waals surface area (Å²) in [5.74, 6) is 0.181. The van der Waals surface area contributed by atoms with Gasteiger partial charge in [-0.25, -0.2) is 0 Å². The van der Waals surface area contributed by atoms with Crippen molar-refractivity contribution in [2.24, 2.45) is 0 Å². The Hall–Kier alpha value is -0.0900. The number of piperidine rings is 1. The van der Waals surface area contributed by atoms with E-state index < -0.39 is 0 Å². The molecular weight excluding hydrogens is 256 g/mol. The van der Waals surface area contributed by atoms with Gasteiger partial charge in [0.2, 0.25) is 5.91 Å². The smallest absolute Gasteiger partial charge is 0.221 e. The number of halogens is 1. The van der Waals surface area contributed by atoms with Crippen molar-refractivity contribution in [1.29, 1.82) is 0 Å². The van der Waals surface area contributed by atoms with Crippen LogP contribution < -0.4 is 5.32 Å². The van der Waals surface area contributed by atoms with Crippen LogP contribution in [0.25, 0.3) is 0 Å².